The summed E-state index contributed by atoms with van der Waals surface area (Å²) >= 11 is 0. The van der Waals surface area contributed by atoms with E-state index in [2.05, 4.69) is 6.58 Å². The third kappa shape index (κ3) is 2.90. The van der Waals surface area contributed by atoms with Crippen LogP contribution >= 0.6 is 0 Å². The van der Waals surface area contributed by atoms with Gasteiger partial charge in [-0.25, -0.2) is 17.6 Å². The van der Waals surface area contributed by atoms with E-state index < -0.39 is 39.9 Å². The lowest BCUT2D eigenvalue weighted by Gasteiger charge is -2.63. The van der Waals surface area contributed by atoms with E-state index in [-0.39, 0.29) is 11.3 Å². The highest BCUT2D eigenvalue weighted by Gasteiger charge is 2.80. The van der Waals surface area contributed by atoms with E-state index in [4.69, 9.17) is 9.47 Å². The molecule has 0 radical (unpaired) electrons. The van der Waals surface area contributed by atoms with Crippen LogP contribution in [0, 0.1) is 34.9 Å². The number of esters is 1. The summed E-state index contributed by atoms with van der Waals surface area (Å²) in [4.78, 5) is 12.3. The third-order valence-electron chi connectivity index (χ3n) is 8.49. The molecule has 6 unspecified atom stereocenters. The zero-order valence-electron chi connectivity index (χ0n) is 17.4. The Morgan fingerprint density at radius 2 is 2.06 bits per heavy atom. The molecule has 6 atom stereocenters. The lowest BCUT2D eigenvalue weighted by Crippen LogP contribution is -2.64. The molecule has 0 amide bonds. The molecule has 1 spiro atoms. The minimum Gasteiger partial charge on any atom is -0.748 e. The van der Waals surface area contributed by atoms with Gasteiger partial charge in [-0.2, -0.15) is 0 Å². The van der Waals surface area contributed by atoms with Gasteiger partial charge in [0.25, 0.3) is 0 Å². The molecule has 0 saturated heterocycles. The van der Waals surface area contributed by atoms with Gasteiger partial charge >= 0.3 is 5.97 Å². The molecule has 4 aliphatic rings. The molecule has 0 aromatic heterocycles. The average Bonchev–Trinajstić information content (AvgIpc) is 3.29. The summed E-state index contributed by atoms with van der Waals surface area (Å²) in [5, 5.41) is 0. The summed E-state index contributed by atoms with van der Waals surface area (Å²) < 4.78 is 58.2. The van der Waals surface area contributed by atoms with Crippen LogP contribution in [0.4, 0.5) is 4.39 Å². The highest BCUT2D eigenvalue weighted by molar-refractivity contribution is 7.85. The molecule has 6 nitrogen and oxygen atoms in total. The van der Waals surface area contributed by atoms with Crippen molar-refractivity contribution in [2.75, 3.05) is 12.4 Å². The molecule has 168 valence electrons. The number of hydrogen-bond donors (Lipinski definition) is 0. The predicted octanol–water partition coefficient (Wildman–Crippen LogP) is 3.68. The maximum absolute atomic E-state index is 14.7. The van der Waals surface area contributed by atoms with Crippen LogP contribution in [0.25, 0.3) is 0 Å². The number of halogens is 1. The van der Waals surface area contributed by atoms with Crippen LogP contribution < -0.4 is 4.74 Å². The van der Waals surface area contributed by atoms with Gasteiger partial charge in [0.15, 0.2) is 11.6 Å². The van der Waals surface area contributed by atoms with Gasteiger partial charge < -0.3 is 14.0 Å². The first-order valence-electron chi connectivity index (χ1n) is 10.8. The predicted molar refractivity (Wildman–Crippen MR) is 109 cm³/mol. The largest absolute Gasteiger partial charge is 0.748 e. The smallest absolute Gasteiger partial charge is 0.338 e. The van der Waals surface area contributed by atoms with Crippen molar-refractivity contribution in [3.05, 3.63) is 41.7 Å². The zero-order chi connectivity index (χ0) is 22.2. The molecule has 4 saturated carbocycles. The van der Waals surface area contributed by atoms with Gasteiger partial charge in [-0.15, -0.1) is 0 Å². The minimum absolute atomic E-state index is 0.0167. The number of benzene rings is 1. The van der Waals surface area contributed by atoms with Crippen molar-refractivity contribution in [3.63, 3.8) is 0 Å². The summed E-state index contributed by atoms with van der Waals surface area (Å²) in [5.74, 6) is -0.400. The average molecular weight is 450 g/mol. The van der Waals surface area contributed by atoms with E-state index in [1.165, 1.54) is 31.4 Å². The van der Waals surface area contributed by atoms with Crippen LogP contribution in [0.15, 0.2) is 30.4 Å². The fourth-order valence-electron chi connectivity index (χ4n) is 7.50. The summed E-state index contributed by atoms with van der Waals surface area (Å²) in [6.45, 7) is 5.64. The van der Waals surface area contributed by atoms with Crippen LogP contribution in [0.5, 0.6) is 5.75 Å². The molecule has 8 heteroatoms. The van der Waals surface area contributed by atoms with E-state index in [1.54, 1.807) is 0 Å². The molecular formula is C23H26FO6S-. The van der Waals surface area contributed by atoms with Crippen molar-refractivity contribution >= 4 is 16.1 Å². The highest BCUT2D eigenvalue weighted by atomic mass is 32.2. The maximum atomic E-state index is 14.7. The Bertz CT molecular complexity index is 1070. The molecule has 0 N–H and O–H groups in total. The lowest BCUT2D eigenvalue weighted by molar-refractivity contribution is -0.166. The molecule has 31 heavy (non-hydrogen) atoms. The topological polar surface area (TPSA) is 92.7 Å². The second kappa shape index (κ2) is 6.78. The molecule has 1 aromatic carbocycles. The van der Waals surface area contributed by atoms with E-state index in [9.17, 15) is 22.2 Å². The molecule has 2 bridgehead atoms. The Kier molecular flexibility index (Phi) is 4.58. The number of ether oxygens (including phenoxy) is 2. The Labute approximate surface area is 181 Å². The number of carbonyl (C=O) groups is 1. The number of fused-ring (bicyclic) bond motifs is 2. The van der Waals surface area contributed by atoms with E-state index >= 15 is 0 Å². The van der Waals surface area contributed by atoms with Gasteiger partial charge in [-0.05, 0) is 73.6 Å². The number of hydrogen-bond acceptors (Lipinski definition) is 6. The van der Waals surface area contributed by atoms with E-state index in [0.717, 1.165) is 24.5 Å². The first-order chi connectivity index (χ1) is 14.6. The summed E-state index contributed by atoms with van der Waals surface area (Å²) in [6, 6.07) is 3.71. The molecule has 0 heterocycles. The zero-order valence-corrected chi connectivity index (χ0v) is 18.3. The van der Waals surface area contributed by atoms with Crippen LogP contribution in [-0.4, -0.2) is 36.9 Å². The van der Waals surface area contributed by atoms with Crippen LogP contribution in [-0.2, 0) is 14.9 Å². The van der Waals surface area contributed by atoms with Gasteiger partial charge in [0.05, 0.1) is 21.4 Å². The summed E-state index contributed by atoms with van der Waals surface area (Å²) in [6.07, 6.45) is 5.90. The molecule has 5 rings (SSSR count). The van der Waals surface area contributed by atoms with Crippen molar-refractivity contribution in [3.8, 4) is 5.75 Å². The van der Waals surface area contributed by atoms with Crippen LogP contribution in [0.3, 0.4) is 0 Å². The Hall–Kier alpha value is -1.93. The van der Waals surface area contributed by atoms with Crippen molar-refractivity contribution in [2.24, 2.45) is 29.1 Å². The summed E-state index contributed by atoms with van der Waals surface area (Å²) in [7, 11) is -4.49. The first-order valence-corrected chi connectivity index (χ1v) is 12.4. The molecule has 4 fully saturated rings. The fourth-order valence-corrected chi connectivity index (χ4v) is 7.79. The minimum atomic E-state index is -4.49. The van der Waals surface area contributed by atoms with Crippen molar-refractivity contribution in [1.82, 2.24) is 0 Å². The first kappa shape index (κ1) is 20.9. The highest BCUT2D eigenvalue weighted by Crippen LogP contribution is 2.82. The lowest BCUT2D eigenvalue weighted by atomic mass is 9.44. The SMILES string of the molecule is C=C(C)C1(Oc2cc(C(=O)OCCS(=O)(=O)[O-])ccc2F)C2CC3C1CC31CCCC21. The molecular weight excluding hydrogens is 423 g/mol. The molecule has 1 aromatic rings. The second-order valence-electron chi connectivity index (χ2n) is 9.71. The number of rotatable bonds is 7. The van der Waals surface area contributed by atoms with Crippen molar-refractivity contribution < 1.29 is 31.6 Å². The fraction of sp³-hybridized carbons (Fsp3) is 0.609. The number of carbonyl (C=O) groups excluding carboxylic acids is 1. The second-order valence-corrected chi connectivity index (χ2v) is 11.2. The van der Waals surface area contributed by atoms with Crippen LogP contribution in [0.1, 0.15) is 49.4 Å². The summed E-state index contributed by atoms with van der Waals surface area (Å²) in [5.41, 5.74) is 0.785. The van der Waals surface area contributed by atoms with Crippen LogP contribution in [0.2, 0.25) is 0 Å². The quantitative estimate of drug-likeness (QED) is 0.358. The van der Waals surface area contributed by atoms with E-state index in [0.29, 0.717) is 29.1 Å². The van der Waals surface area contributed by atoms with E-state index in [1.807, 2.05) is 6.92 Å². The Balaban J connectivity index is 1.40. The Morgan fingerprint density at radius 1 is 1.29 bits per heavy atom. The van der Waals surface area contributed by atoms with Gasteiger partial charge in [0.1, 0.15) is 12.2 Å². The monoisotopic (exact) mass is 449 g/mol. The third-order valence-corrected chi connectivity index (χ3v) is 9.16. The van der Waals surface area contributed by atoms with Gasteiger partial charge in [0, 0.05) is 11.8 Å². The van der Waals surface area contributed by atoms with Crippen molar-refractivity contribution in [1.29, 1.82) is 0 Å². The van der Waals surface area contributed by atoms with Gasteiger partial charge in [-0.3, -0.25) is 0 Å². The van der Waals surface area contributed by atoms with Gasteiger partial charge in [-0.1, -0.05) is 13.0 Å². The normalized spacial score (nSPS) is 37.3. The Morgan fingerprint density at radius 3 is 2.77 bits per heavy atom. The van der Waals surface area contributed by atoms with Gasteiger partial charge in [0.2, 0.25) is 0 Å². The molecule has 4 aliphatic carbocycles. The van der Waals surface area contributed by atoms with Crippen molar-refractivity contribution in [2.45, 2.75) is 44.6 Å². The maximum Gasteiger partial charge on any atom is 0.338 e. The molecule has 0 aliphatic heterocycles. The standard InChI is InChI=1S/C23H27FO6S/c1-13(2)23(17-11-16-18(23)12-22(16)7-3-4-15(17)22)30-20-10-14(5-6-19(20)24)21(25)29-8-9-31(26,27)28/h5-6,10,15-18H,1,3-4,7-9,11-12H2,2H3,(H,26,27,28)/p-1.